The van der Waals surface area contributed by atoms with Gasteiger partial charge in [0.05, 0.1) is 10.5 Å². The minimum Gasteiger partial charge on any atom is -0.379 e. The molecular formula is C15H21N3O3. The first-order valence-corrected chi connectivity index (χ1v) is 7.34. The molecule has 1 aliphatic carbocycles. The van der Waals surface area contributed by atoms with E-state index in [4.69, 9.17) is 0 Å². The van der Waals surface area contributed by atoms with E-state index in [0.717, 1.165) is 25.7 Å². The predicted octanol–water partition coefficient (Wildman–Crippen LogP) is 3.04. The molecule has 2 rings (SSSR count). The van der Waals surface area contributed by atoms with Gasteiger partial charge >= 0.3 is 0 Å². The van der Waals surface area contributed by atoms with E-state index in [1.54, 1.807) is 24.1 Å². The van der Waals surface area contributed by atoms with Crippen LogP contribution in [-0.4, -0.2) is 35.4 Å². The number of carbonyl (C=O) groups is 1. The van der Waals surface area contributed by atoms with E-state index < -0.39 is 4.92 Å². The molecule has 1 saturated carbocycles. The smallest absolute Gasteiger partial charge is 0.293 e. The van der Waals surface area contributed by atoms with Crippen molar-refractivity contribution in [2.75, 3.05) is 18.9 Å². The molecule has 114 valence electrons. The van der Waals surface area contributed by atoms with Crippen molar-refractivity contribution in [1.29, 1.82) is 0 Å². The Hall–Kier alpha value is -2.11. The molecule has 0 spiro atoms. The molecule has 1 aromatic carbocycles. The predicted molar refractivity (Wildman–Crippen MR) is 81.6 cm³/mol. The summed E-state index contributed by atoms with van der Waals surface area (Å²) in [6, 6.07) is 4.88. The molecule has 1 amide bonds. The normalized spacial score (nSPS) is 15.0. The van der Waals surface area contributed by atoms with Crippen LogP contribution in [0.25, 0.3) is 0 Å². The molecule has 0 heterocycles. The number of amides is 1. The Labute approximate surface area is 124 Å². The number of benzene rings is 1. The maximum atomic E-state index is 12.7. The summed E-state index contributed by atoms with van der Waals surface area (Å²) < 4.78 is 0. The van der Waals surface area contributed by atoms with Gasteiger partial charge in [-0.3, -0.25) is 14.9 Å². The van der Waals surface area contributed by atoms with Crippen LogP contribution in [0, 0.1) is 10.1 Å². The maximum Gasteiger partial charge on any atom is 0.293 e. The van der Waals surface area contributed by atoms with E-state index in [9.17, 15) is 14.9 Å². The van der Waals surface area contributed by atoms with Gasteiger partial charge in [-0.2, -0.15) is 0 Å². The zero-order chi connectivity index (χ0) is 15.4. The van der Waals surface area contributed by atoms with Crippen molar-refractivity contribution < 1.29 is 9.72 Å². The second kappa shape index (κ2) is 6.56. The van der Waals surface area contributed by atoms with Crippen LogP contribution in [0.2, 0.25) is 0 Å². The third-order valence-electron chi connectivity index (χ3n) is 4.02. The van der Waals surface area contributed by atoms with E-state index in [1.165, 1.54) is 6.07 Å². The van der Waals surface area contributed by atoms with Gasteiger partial charge in [0.25, 0.3) is 11.6 Å². The van der Waals surface area contributed by atoms with Gasteiger partial charge in [0.15, 0.2) is 0 Å². The molecule has 1 fully saturated rings. The van der Waals surface area contributed by atoms with E-state index in [0.29, 0.717) is 17.8 Å². The minimum absolute atomic E-state index is 0.0532. The standard InChI is InChI=1S/C15H21N3O3/c1-3-16-14-12(9-6-10-13(14)18(20)21)15(19)17(2)11-7-4-5-8-11/h6,9-11,16H,3-5,7-8H2,1-2H3. The molecule has 0 aliphatic heterocycles. The van der Waals surface area contributed by atoms with Crippen LogP contribution in [0.15, 0.2) is 18.2 Å². The molecule has 1 aliphatic rings. The Balaban J connectivity index is 2.35. The molecule has 6 nitrogen and oxygen atoms in total. The lowest BCUT2D eigenvalue weighted by Crippen LogP contribution is -2.35. The minimum atomic E-state index is -0.454. The molecule has 0 unspecified atom stereocenters. The molecule has 21 heavy (non-hydrogen) atoms. The van der Waals surface area contributed by atoms with Crippen molar-refractivity contribution in [1.82, 2.24) is 4.90 Å². The number of anilines is 1. The third kappa shape index (κ3) is 3.15. The molecule has 1 N–H and O–H groups in total. The highest BCUT2D eigenvalue weighted by Crippen LogP contribution is 2.31. The summed E-state index contributed by atoms with van der Waals surface area (Å²) in [5.74, 6) is -0.151. The van der Waals surface area contributed by atoms with Crippen LogP contribution in [0.5, 0.6) is 0 Å². The molecule has 0 aromatic heterocycles. The molecule has 0 radical (unpaired) electrons. The van der Waals surface area contributed by atoms with Crippen LogP contribution >= 0.6 is 0 Å². The average molecular weight is 291 g/mol. The molecular weight excluding hydrogens is 270 g/mol. The SMILES string of the molecule is CCNc1c(C(=O)N(C)C2CCCC2)cccc1[N+](=O)[O-]. The van der Waals surface area contributed by atoms with Crippen molar-refractivity contribution in [3.8, 4) is 0 Å². The monoisotopic (exact) mass is 291 g/mol. The molecule has 1 aromatic rings. The fourth-order valence-electron chi connectivity index (χ4n) is 2.88. The van der Waals surface area contributed by atoms with Crippen LogP contribution in [0.3, 0.4) is 0 Å². The third-order valence-corrected chi connectivity index (χ3v) is 4.02. The number of hydrogen-bond donors (Lipinski definition) is 1. The lowest BCUT2D eigenvalue weighted by Gasteiger charge is -2.25. The second-order valence-corrected chi connectivity index (χ2v) is 5.34. The number of nitro benzene ring substituents is 1. The van der Waals surface area contributed by atoms with Gasteiger partial charge in [0.2, 0.25) is 0 Å². The van der Waals surface area contributed by atoms with E-state index in [2.05, 4.69) is 5.32 Å². The van der Waals surface area contributed by atoms with E-state index >= 15 is 0 Å². The van der Waals surface area contributed by atoms with Crippen LogP contribution in [0.4, 0.5) is 11.4 Å². The van der Waals surface area contributed by atoms with Crippen molar-refractivity contribution in [2.24, 2.45) is 0 Å². The molecule has 0 saturated heterocycles. The van der Waals surface area contributed by atoms with Crippen molar-refractivity contribution in [2.45, 2.75) is 38.6 Å². The fraction of sp³-hybridized carbons (Fsp3) is 0.533. The van der Waals surface area contributed by atoms with Gasteiger partial charge in [-0.1, -0.05) is 18.9 Å². The summed E-state index contributed by atoms with van der Waals surface area (Å²) in [5, 5.41) is 14.1. The summed E-state index contributed by atoms with van der Waals surface area (Å²) in [4.78, 5) is 25.1. The van der Waals surface area contributed by atoms with Crippen molar-refractivity contribution >= 4 is 17.3 Å². The largest absolute Gasteiger partial charge is 0.379 e. The number of nitrogens with zero attached hydrogens (tertiary/aromatic N) is 2. The molecule has 0 bridgehead atoms. The fourth-order valence-corrected chi connectivity index (χ4v) is 2.88. The zero-order valence-electron chi connectivity index (χ0n) is 12.5. The topological polar surface area (TPSA) is 75.5 Å². The molecule has 6 heteroatoms. The Morgan fingerprint density at radius 2 is 2.10 bits per heavy atom. The lowest BCUT2D eigenvalue weighted by atomic mass is 10.1. The summed E-state index contributed by atoms with van der Waals surface area (Å²) in [7, 11) is 1.78. The van der Waals surface area contributed by atoms with Gasteiger partial charge in [-0.05, 0) is 25.8 Å². The highest BCUT2D eigenvalue weighted by molar-refractivity contribution is 6.01. The summed E-state index contributed by atoms with van der Waals surface area (Å²) in [5.41, 5.74) is 0.641. The van der Waals surface area contributed by atoms with E-state index in [1.807, 2.05) is 6.92 Å². The highest BCUT2D eigenvalue weighted by Gasteiger charge is 2.28. The van der Waals surface area contributed by atoms with Crippen molar-refractivity contribution in [3.63, 3.8) is 0 Å². The van der Waals surface area contributed by atoms with Gasteiger partial charge in [0, 0.05) is 25.7 Å². The Morgan fingerprint density at radius 1 is 1.43 bits per heavy atom. The van der Waals surface area contributed by atoms with Crippen molar-refractivity contribution in [3.05, 3.63) is 33.9 Å². The average Bonchev–Trinajstić information content (AvgIpc) is 3.00. The maximum absolute atomic E-state index is 12.7. The number of nitrogens with one attached hydrogen (secondary N) is 1. The number of hydrogen-bond acceptors (Lipinski definition) is 4. The number of rotatable bonds is 5. The zero-order valence-corrected chi connectivity index (χ0v) is 12.5. The van der Waals surface area contributed by atoms with E-state index in [-0.39, 0.29) is 17.6 Å². The quantitative estimate of drug-likeness (QED) is 0.668. The van der Waals surface area contributed by atoms with Gasteiger partial charge in [0.1, 0.15) is 5.69 Å². The number of carbonyl (C=O) groups excluding carboxylic acids is 1. The van der Waals surface area contributed by atoms with Crippen LogP contribution in [0.1, 0.15) is 43.0 Å². The van der Waals surface area contributed by atoms with Gasteiger partial charge in [-0.15, -0.1) is 0 Å². The first kappa shape index (κ1) is 15.3. The Bertz CT molecular complexity index is 539. The number of para-hydroxylation sites is 1. The molecule has 0 atom stereocenters. The van der Waals surface area contributed by atoms with Gasteiger partial charge in [-0.25, -0.2) is 0 Å². The Morgan fingerprint density at radius 3 is 2.67 bits per heavy atom. The first-order valence-electron chi connectivity index (χ1n) is 7.34. The van der Waals surface area contributed by atoms with Crippen LogP contribution in [-0.2, 0) is 0 Å². The van der Waals surface area contributed by atoms with Crippen LogP contribution < -0.4 is 5.32 Å². The second-order valence-electron chi connectivity index (χ2n) is 5.34. The summed E-state index contributed by atoms with van der Waals surface area (Å²) in [6.45, 7) is 2.38. The Kier molecular flexibility index (Phi) is 4.77. The number of nitro groups is 1. The highest BCUT2D eigenvalue weighted by atomic mass is 16.6. The lowest BCUT2D eigenvalue weighted by molar-refractivity contribution is -0.384. The summed E-state index contributed by atoms with van der Waals surface area (Å²) in [6.07, 6.45) is 4.29. The van der Waals surface area contributed by atoms with Gasteiger partial charge < -0.3 is 10.2 Å². The summed E-state index contributed by atoms with van der Waals surface area (Å²) >= 11 is 0. The first-order chi connectivity index (χ1) is 10.1.